The monoisotopic (exact) mass is 2640 g/mol. The molecule has 0 aliphatic carbocycles. The molecule has 10 nitrogen and oxygen atoms in total. The van der Waals surface area contributed by atoms with Gasteiger partial charge in [0, 0.05) is 175 Å². The number of fused-ring (bicyclic) bond motifs is 30. The van der Waals surface area contributed by atoms with E-state index < -0.39 is 208 Å². The molecule has 0 amide bonds. The van der Waals surface area contributed by atoms with Crippen LogP contribution in [0.15, 0.2) is 122 Å². The summed E-state index contributed by atoms with van der Waals surface area (Å²) in [6.07, 6.45) is 3.51. The Labute approximate surface area is 741 Å². The Morgan fingerprint density at radius 1 is 0.288 bits per heavy atom. The normalized spacial score (nSPS) is 11.4. The average Bonchev–Trinajstić information content (AvgIpc) is 1.65. The standard InChI is InChI=1S/C22H7F8N2.C15HF8N2.C15H4F5N2.C15H5F4N2.C15H6F3N2.5Ir/c1-7-6-32-21-10(13-9(22(32)31-7)2-3-12(24)15(13)25)4-8(23)5-11(21)14-16(26)18(28)20(30)19(29)17(14)27;16-4-2-1-3-5(7(4)17)6-8(18)9(19)10(20)11(21)12(6)25-14(23)13(22)24-15(3)25;16-6-1-2-7-8(3-6)9-4-10(17)11(18)5-12(9)22-14(20)13(19)21-15(7)22;16-7-1-2-8-9(3-7)10-4-11(17)12(18)5-13(10)21-14(19)6-20-15(8)21;16-8-1-3-10-11(5-8)12-6-9(17)2-4-13(12)20-7-14(18)19-15(10)20;;;;;/h3-6H,1H3;2H;1,3-5H;1,3-6H;1-2,4-7H;;;;;/q5*-1;;;;;. The van der Waals surface area contributed by atoms with Crippen LogP contribution in [-0.2, 0) is 101 Å². The predicted octanol–water partition coefficient (Wildman–Crippen LogP) is 23.1. The molecule has 11 aromatic carbocycles. The number of hydrogen-bond acceptors (Lipinski definition) is 5. The van der Waals surface area contributed by atoms with Gasteiger partial charge in [-0.25, -0.2) is 84.6 Å². The third-order valence-corrected chi connectivity index (χ3v) is 19.1. The molecular weight excluding hydrogens is 2620 g/mol. The van der Waals surface area contributed by atoms with E-state index in [1.165, 1.54) is 52.4 Å². The molecular formula is C82H23F28Ir5N10-5. The first-order valence-electron chi connectivity index (χ1n) is 33.4. The fraction of sp³-hybridized carbons (Fsp3) is 0.0122. The minimum absolute atomic E-state index is 0. The van der Waals surface area contributed by atoms with E-state index in [1.807, 2.05) is 0 Å². The summed E-state index contributed by atoms with van der Waals surface area (Å²) < 4.78 is 392. The average molecular weight is 2640 g/mol. The van der Waals surface area contributed by atoms with Crippen molar-refractivity contribution in [3.8, 4) is 11.1 Å². The van der Waals surface area contributed by atoms with Crippen molar-refractivity contribution in [2.24, 2.45) is 0 Å². The van der Waals surface area contributed by atoms with Gasteiger partial charge in [0.25, 0.3) is 11.9 Å². The minimum atomic E-state index is -2.39. The molecule has 0 aliphatic rings. The second kappa shape index (κ2) is 34.6. The molecule has 0 aliphatic heterocycles. The van der Waals surface area contributed by atoms with Gasteiger partial charge in [0.05, 0.1) is 75.0 Å². The second-order valence-electron chi connectivity index (χ2n) is 26.0. The van der Waals surface area contributed by atoms with Crippen LogP contribution in [0, 0.1) is 201 Å². The first kappa shape index (κ1) is 92.9. The fourth-order valence-corrected chi connectivity index (χ4v) is 14.2. The summed E-state index contributed by atoms with van der Waals surface area (Å²) in [6.45, 7) is 1.52. The molecule has 10 aromatic heterocycles. The third-order valence-electron chi connectivity index (χ3n) is 19.1. The maximum absolute atomic E-state index is 14.8. The number of halogens is 28. The summed E-state index contributed by atoms with van der Waals surface area (Å²) in [4.78, 5) is 18.4. The molecule has 21 rings (SSSR count). The van der Waals surface area contributed by atoms with E-state index in [0.717, 1.165) is 65.2 Å². The Balaban J connectivity index is 0.000000142. The van der Waals surface area contributed by atoms with Gasteiger partial charge in [0.1, 0.15) is 11.6 Å². The zero-order valence-corrected chi connectivity index (χ0v) is 71.7. The van der Waals surface area contributed by atoms with Crippen molar-refractivity contribution in [1.29, 1.82) is 0 Å². The van der Waals surface area contributed by atoms with Crippen molar-refractivity contribution in [2.45, 2.75) is 6.92 Å². The van der Waals surface area contributed by atoms with Crippen LogP contribution in [0.3, 0.4) is 0 Å². The van der Waals surface area contributed by atoms with E-state index in [4.69, 9.17) is 0 Å². The molecule has 647 valence electrons. The van der Waals surface area contributed by atoms with Crippen molar-refractivity contribution in [1.82, 2.24) is 46.9 Å². The quantitative estimate of drug-likeness (QED) is 0.0537. The molecule has 0 bridgehead atoms. The van der Waals surface area contributed by atoms with Crippen LogP contribution in [0.1, 0.15) is 5.69 Å². The van der Waals surface area contributed by atoms with Gasteiger partial charge in [-0.3, -0.25) is 36.9 Å². The van der Waals surface area contributed by atoms with Crippen LogP contribution in [0.5, 0.6) is 0 Å². The Kier molecular flexibility index (Phi) is 25.7. The number of aryl methyl sites for hydroxylation is 1. The molecule has 10 heterocycles. The van der Waals surface area contributed by atoms with E-state index in [0.29, 0.717) is 72.5 Å². The summed E-state index contributed by atoms with van der Waals surface area (Å²) in [6, 6.07) is 29.0. The van der Waals surface area contributed by atoms with Crippen molar-refractivity contribution in [2.75, 3.05) is 0 Å². The largest absolute Gasteiger partial charge is 0.339 e. The van der Waals surface area contributed by atoms with Gasteiger partial charge in [-0.1, -0.05) is 53.9 Å². The van der Waals surface area contributed by atoms with Crippen molar-refractivity contribution in [3.05, 3.63) is 321 Å². The number of hydrogen-bond donors (Lipinski definition) is 0. The van der Waals surface area contributed by atoms with Gasteiger partial charge >= 0.3 is 0 Å². The Hall–Kier alpha value is -11.2. The Morgan fingerprint density at radius 2 is 0.712 bits per heavy atom. The zero-order valence-electron chi connectivity index (χ0n) is 59.8. The first-order valence-corrected chi connectivity index (χ1v) is 33.4. The molecule has 21 aromatic rings. The Morgan fingerprint density at radius 3 is 1.26 bits per heavy atom. The third kappa shape index (κ3) is 15.0. The number of benzene rings is 11. The molecule has 0 N–H and O–H groups in total. The van der Waals surface area contributed by atoms with E-state index >= 15 is 0 Å². The van der Waals surface area contributed by atoms with Gasteiger partial charge in [-0.15, -0.1) is 78.9 Å². The van der Waals surface area contributed by atoms with Crippen LogP contribution in [0.2, 0.25) is 0 Å². The van der Waals surface area contributed by atoms with Crippen molar-refractivity contribution in [3.63, 3.8) is 0 Å². The maximum Gasteiger partial charge on any atom is 0.259 e. The maximum atomic E-state index is 14.8. The minimum Gasteiger partial charge on any atom is -0.339 e. The van der Waals surface area contributed by atoms with Gasteiger partial charge in [0.2, 0.25) is 29.6 Å². The molecule has 0 unspecified atom stereocenters. The predicted molar refractivity (Wildman–Crippen MR) is 374 cm³/mol. The first-order chi connectivity index (χ1) is 57.0. The van der Waals surface area contributed by atoms with Gasteiger partial charge in [-0.2, -0.15) is 26.3 Å². The number of aromatic nitrogens is 10. The molecule has 5 radical (unpaired) electrons. The molecule has 0 fully saturated rings. The second-order valence-corrected chi connectivity index (χ2v) is 26.0. The van der Waals surface area contributed by atoms with Crippen LogP contribution < -0.4 is 0 Å². The van der Waals surface area contributed by atoms with Crippen LogP contribution >= 0.6 is 0 Å². The van der Waals surface area contributed by atoms with E-state index in [1.54, 1.807) is 0 Å². The number of rotatable bonds is 1. The van der Waals surface area contributed by atoms with Gasteiger partial charge in [0.15, 0.2) is 69.8 Å². The molecule has 0 spiro atoms. The van der Waals surface area contributed by atoms with Gasteiger partial charge in [-0.05, 0) is 70.9 Å². The van der Waals surface area contributed by atoms with Crippen molar-refractivity contribution < 1.29 is 223 Å². The summed E-state index contributed by atoms with van der Waals surface area (Å²) in [5.41, 5.74) is -3.64. The number of pyridine rings is 5. The summed E-state index contributed by atoms with van der Waals surface area (Å²) >= 11 is 0. The molecule has 0 saturated carbocycles. The summed E-state index contributed by atoms with van der Waals surface area (Å²) in [5.74, 6) is -42.0. The topological polar surface area (TPSA) is 86.5 Å². The van der Waals surface area contributed by atoms with Gasteiger partial charge < -0.3 is 22.0 Å². The zero-order chi connectivity index (χ0) is 85.4. The van der Waals surface area contributed by atoms with E-state index in [2.05, 4.69) is 55.3 Å². The number of nitrogens with zero attached hydrogens (tertiary/aromatic N) is 10. The fourth-order valence-electron chi connectivity index (χ4n) is 14.2. The molecule has 0 atom stereocenters. The van der Waals surface area contributed by atoms with E-state index in [-0.39, 0.29) is 171 Å². The van der Waals surface area contributed by atoms with Crippen LogP contribution in [-0.4, -0.2) is 46.9 Å². The Bertz CT molecular complexity index is 8060. The molecule has 125 heavy (non-hydrogen) atoms. The SMILES string of the molecule is Cc1cn2c(n1)c1[c-]cc(F)c(F)c1c1cc(F)cc(-c3c(F)c(F)c(F)c(F)c3F)c12.Fc1c[c-]c2c(c1)c1cc(F)c(F)cc1n1c(F)c(F)nc21.Fc1c[c-]c2c(c1)c1cc(F)c(F)cc1n1c(F)cnc21.Fc1c[c-]c2c(c1)c1cc(F)ccc1n1cc(F)nc21.Fc1c[c-]c2c(c1F)c1c(F)c(F)c(F)c(F)c1n1c(F)c(F)nc21.[Ir].[Ir].[Ir].[Ir].[Ir]. The molecule has 43 heteroatoms. The van der Waals surface area contributed by atoms with Crippen LogP contribution in [0.25, 0.3) is 148 Å². The summed E-state index contributed by atoms with van der Waals surface area (Å²) in [7, 11) is 0. The smallest absolute Gasteiger partial charge is 0.259 e. The van der Waals surface area contributed by atoms with Crippen molar-refractivity contribution >= 4 is 137 Å². The number of imidazole rings is 5. The van der Waals surface area contributed by atoms with Crippen LogP contribution in [0.4, 0.5) is 123 Å². The van der Waals surface area contributed by atoms with E-state index in [9.17, 15) is 123 Å². The molecule has 0 saturated heterocycles. The summed E-state index contributed by atoms with van der Waals surface area (Å²) in [5, 5.41) is -1.55.